The number of ether oxygens (including phenoxy) is 1. The number of imidazole rings is 1. The number of hydrogen-bond donors (Lipinski definition) is 0. The fourth-order valence-electron chi connectivity index (χ4n) is 4.64. The summed E-state index contributed by atoms with van der Waals surface area (Å²) in [6.07, 6.45) is 5.53. The van der Waals surface area contributed by atoms with Crippen molar-refractivity contribution in [2.45, 2.75) is 32.7 Å². The van der Waals surface area contributed by atoms with Crippen molar-refractivity contribution in [3.8, 4) is 5.88 Å². The van der Waals surface area contributed by atoms with E-state index < -0.39 is 0 Å². The summed E-state index contributed by atoms with van der Waals surface area (Å²) in [6.45, 7) is 4.22. The number of rotatable bonds is 11. The highest BCUT2D eigenvalue weighted by atomic mass is 16.5. The highest BCUT2D eigenvalue weighted by molar-refractivity contribution is 5.99. The Balaban J connectivity index is 1.39. The van der Waals surface area contributed by atoms with Gasteiger partial charge in [0.05, 0.1) is 36.3 Å². The van der Waals surface area contributed by atoms with Gasteiger partial charge >= 0.3 is 0 Å². The minimum atomic E-state index is 0.0294. The third kappa shape index (κ3) is 5.39. The Morgan fingerprint density at radius 3 is 2.76 bits per heavy atom. The summed E-state index contributed by atoms with van der Waals surface area (Å²) < 4.78 is 9.69. The van der Waals surface area contributed by atoms with E-state index in [1.807, 2.05) is 63.8 Å². The first kappa shape index (κ1) is 24.6. The Morgan fingerprint density at radius 2 is 1.92 bits per heavy atom. The van der Waals surface area contributed by atoms with Crippen LogP contribution in [0, 0.1) is 0 Å². The Kier molecular flexibility index (Phi) is 7.28. The van der Waals surface area contributed by atoms with Crippen molar-refractivity contribution >= 4 is 22.3 Å². The molecule has 0 spiro atoms. The number of aromatic nitrogens is 5. The molecule has 190 valence electrons. The van der Waals surface area contributed by atoms with Crippen LogP contribution in [0.1, 0.15) is 40.8 Å². The normalized spacial score (nSPS) is 11.6. The molecule has 4 heterocycles. The van der Waals surface area contributed by atoms with Crippen LogP contribution < -0.4 is 4.74 Å². The van der Waals surface area contributed by atoms with Gasteiger partial charge in [0.1, 0.15) is 11.3 Å². The molecule has 8 heteroatoms. The van der Waals surface area contributed by atoms with E-state index in [9.17, 15) is 4.79 Å². The first-order valence-corrected chi connectivity index (χ1v) is 12.7. The number of aryl methyl sites for hydroxylation is 1. The number of fused-ring (bicyclic) bond motifs is 2. The third-order valence-corrected chi connectivity index (χ3v) is 6.42. The van der Waals surface area contributed by atoms with E-state index in [0.29, 0.717) is 24.7 Å². The monoisotopic (exact) mass is 496 g/mol. The lowest BCUT2D eigenvalue weighted by molar-refractivity contribution is 0.0987. The number of carbonyl (C=O) groups excluding carboxylic acids is 1. The van der Waals surface area contributed by atoms with Crippen LogP contribution in [0.25, 0.3) is 16.6 Å². The number of benzene rings is 1. The van der Waals surface area contributed by atoms with Crippen molar-refractivity contribution in [3.05, 3.63) is 89.6 Å². The van der Waals surface area contributed by atoms with Crippen LogP contribution >= 0.6 is 0 Å². The van der Waals surface area contributed by atoms with Crippen LogP contribution in [0.15, 0.2) is 67.0 Å². The van der Waals surface area contributed by atoms with Gasteiger partial charge in [-0.05, 0) is 56.8 Å². The third-order valence-electron chi connectivity index (χ3n) is 6.42. The predicted molar refractivity (Wildman–Crippen MR) is 144 cm³/mol. The average Bonchev–Trinajstić information content (AvgIpc) is 3.49. The SMILES string of the molecule is CCc1nn(Cc2cccc(OCCCN(C)C)n2)c2cccc(CC(=O)c3cnc4ccccn34)c12. The van der Waals surface area contributed by atoms with Crippen LogP contribution in [-0.2, 0) is 19.4 Å². The largest absolute Gasteiger partial charge is 0.478 e. The summed E-state index contributed by atoms with van der Waals surface area (Å²) in [5.41, 5.74) is 5.19. The molecule has 0 bridgehead atoms. The molecule has 0 atom stereocenters. The molecule has 1 aromatic carbocycles. The zero-order valence-electron chi connectivity index (χ0n) is 21.6. The molecule has 0 radical (unpaired) electrons. The van der Waals surface area contributed by atoms with Gasteiger partial charge in [0.15, 0.2) is 5.78 Å². The van der Waals surface area contributed by atoms with Crippen LogP contribution in [0.5, 0.6) is 5.88 Å². The van der Waals surface area contributed by atoms with Crippen LogP contribution in [0.4, 0.5) is 0 Å². The van der Waals surface area contributed by atoms with Crippen molar-refractivity contribution < 1.29 is 9.53 Å². The van der Waals surface area contributed by atoms with E-state index in [2.05, 4.69) is 37.0 Å². The van der Waals surface area contributed by atoms with Gasteiger partial charge in [-0.3, -0.25) is 13.9 Å². The van der Waals surface area contributed by atoms with Crippen LogP contribution in [0.3, 0.4) is 0 Å². The highest BCUT2D eigenvalue weighted by Gasteiger charge is 2.18. The Morgan fingerprint density at radius 1 is 1.05 bits per heavy atom. The summed E-state index contributed by atoms with van der Waals surface area (Å²) in [5, 5.41) is 5.95. The van der Waals surface area contributed by atoms with Gasteiger partial charge in [-0.1, -0.05) is 31.2 Å². The minimum absolute atomic E-state index is 0.0294. The first-order valence-electron chi connectivity index (χ1n) is 12.7. The zero-order valence-corrected chi connectivity index (χ0v) is 21.6. The second kappa shape index (κ2) is 10.9. The molecule has 0 aliphatic carbocycles. The topological polar surface area (TPSA) is 77.5 Å². The standard InChI is InChI=1S/C29H32N6O2/c1-4-23-29-21(18-26(36)25-19-30-27-13-5-6-16-34(25)27)10-7-12-24(29)35(32-23)20-22-11-8-14-28(31-22)37-17-9-15-33(2)3/h5-8,10-14,16,19H,4,9,15,17-18,20H2,1-3H3. The van der Waals surface area contributed by atoms with Gasteiger partial charge in [-0.25, -0.2) is 9.97 Å². The lowest BCUT2D eigenvalue weighted by Gasteiger charge is -2.10. The minimum Gasteiger partial charge on any atom is -0.478 e. The summed E-state index contributed by atoms with van der Waals surface area (Å²) in [7, 11) is 4.11. The molecule has 0 saturated heterocycles. The van der Waals surface area contributed by atoms with Crippen molar-refractivity contribution in [1.29, 1.82) is 0 Å². The fourth-order valence-corrected chi connectivity index (χ4v) is 4.64. The highest BCUT2D eigenvalue weighted by Crippen LogP contribution is 2.26. The molecule has 0 aliphatic heterocycles. The number of ketones is 1. The van der Waals surface area contributed by atoms with E-state index in [4.69, 9.17) is 14.8 Å². The number of carbonyl (C=O) groups is 1. The van der Waals surface area contributed by atoms with Crippen LogP contribution in [-0.4, -0.2) is 62.1 Å². The molecule has 0 aliphatic rings. The van der Waals surface area contributed by atoms with E-state index in [-0.39, 0.29) is 12.2 Å². The van der Waals surface area contributed by atoms with Gasteiger partial charge in [0.2, 0.25) is 5.88 Å². The smallest absolute Gasteiger partial charge is 0.213 e. The molecule has 37 heavy (non-hydrogen) atoms. The summed E-state index contributed by atoms with van der Waals surface area (Å²) >= 11 is 0. The Bertz CT molecular complexity index is 1530. The fraction of sp³-hybridized carbons (Fsp3) is 0.310. The molecule has 5 rings (SSSR count). The average molecular weight is 497 g/mol. The molecular weight excluding hydrogens is 464 g/mol. The molecule has 8 nitrogen and oxygen atoms in total. The van der Waals surface area contributed by atoms with Gasteiger partial charge in [-0.2, -0.15) is 5.10 Å². The summed E-state index contributed by atoms with van der Waals surface area (Å²) in [6, 6.07) is 17.6. The Labute approximate surface area is 216 Å². The maximum absolute atomic E-state index is 13.3. The van der Waals surface area contributed by atoms with Crippen molar-refractivity contribution in [2.24, 2.45) is 0 Å². The van der Waals surface area contributed by atoms with Crippen LogP contribution in [0.2, 0.25) is 0 Å². The van der Waals surface area contributed by atoms with E-state index in [0.717, 1.165) is 52.9 Å². The zero-order chi connectivity index (χ0) is 25.8. The Hall–Kier alpha value is -4.04. The molecule has 5 aromatic rings. The predicted octanol–water partition coefficient (Wildman–Crippen LogP) is 4.45. The molecule has 0 unspecified atom stereocenters. The molecule has 0 N–H and O–H groups in total. The summed E-state index contributed by atoms with van der Waals surface area (Å²) in [4.78, 5) is 24.5. The number of hydrogen-bond acceptors (Lipinski definition) is 6. The van der Waals surface area contributed by atoms with E-state index in [1.165, 1.54) is 0 Å². The first-order chi connectivity index (χ1) is 18.0. The van der Waals surface area contributed by atoms with E-state index in [1.54, 1.807) is 6.20 Å². The summed E-state index contributed by atoms with van der Waals surface area (Å²) in [5.74, 6) is 0.657. The maximum Gasteiger partial charge on any atom is 0.213 e. The number of pyridine rings is 2. The lowest BCUT2D eigenvalue weighted by atomic mass is 10.0. The maximum atomic E-state index is 13.3. The van der Waals surface area contributed by atoms with Crippen molar-refractivity contribution in [1.82, 2.24) is 29.0 Å². The second-order valence-corrected chi connectivity index (χ2v) is 9.41. The molecule has 0 amide bonds. The van der Waals surface area contributed by atoms with Crippen molar-refractivity contribution in [3.63, 3.8) is 0 Å². The van der Waals surface area contributed by atoms with Crippen molar-refractivity contribution in [2.75, 3.05) is 27.2 Å². The molecule has 0 saturated carbocycles. The lowest BCUT2D eigenvalue weighted by Crippen LogP contribution is -2.15. The van der Waals surface area contributed by atoms with Gasteiger partial charge < -0.3 is 9.64 Å². The second-order valence-electron chi connectivity index (χ2n) is 9.41. The quantitative estimate of drug-likeness (QED) is 0.199. The van der Waals surface area contributed by atoms with Gasteiger partial charge in [0, 0.05) is 30.6 Å². The molecular formula is C29H32N6O2. The molecule has 0 fully saturated rings. The number of nitrogens with zero attached hydrogens (tertiary/aromatic N) is 6. The number of Topliss-reactive ketones (excluding diaryl/α,β-unsaturated/α-hetero) is 1. The van der Waals surface area contributed by atoms with Gasteiger partial charge in [-0.15, -0.1) is 0 Å². The van der Waals surface area contributed by atoms with Gasteiger partial charge in [0.25, 0.3) is 0 Å². The van der Waals surface area contributed by atoms with E-state index >= 15 is 0 Å². The molecule has 4 aromatic heterocycles.